The molecule has 0 spiro atoms. The molecule has 7 nitrogen and oxygen atoms in total. The van der Waals surface area contributed by atoms with E-state index in [9.17, 15) is 9.59 Å². The number of benzene rings is 2. The van der Waals surface area contributed by atoms with E-state index in [1.165, 1.54) is 0 Å². The predicted octanol–water partition coefficient (Wildman–Crippen LogP) is 4.24. The van der Waals surface area contributed by atoms with E-state index >= 15 is 0 Å². The van der Waals surface area contributed by atoms with Gasteiger partial charge in [-0.25, -0.2) is 4.79 Å². The van der Waals surface area contributed by atoms with Crippen molar-refractivity contribution in [1.82, 2.24) is 14.4 Å². The molecule has 1 unspecified atom stereocenters. The standard InChI is InChI=1S/C26H27N5O2/c1-2-14-30(26(33)28-22-12-10-20(18-27)11-13-22)19-24(32)31-17-16-29-15-6-9-23(29)25(31)21-7-4-3-5-8-21/h3-13,15,25H,2,14,16-17,19H2,1H3,(H,28,33). The molecule has 0 aliphatic carbocycles. The number of rotatable bonds is 6. The minimum Gasteiger partial charge on any atom is -0.348 e. The van der Waals surface area contributed by atoms with Crippen LogP contribution in [0.25, 0.3) is 0 Å². The third-order valence-corrected chi connectivity index (χ3v) is 5.85. The Morgan fingerprint density at radius 3 is 2.52 bits per heavy atom. The van der Waals surface area contributed by atoms with E-state index in [2.05, 4.69) is 22.0 Å². The first kappa shape index (κ1) is 22.2. The number of hydrogen-bond acceptors (Lipinski definition) is 3. The van der Waals surface area contributed by atoms with Gasteiger partial charge >= 0.3 is 6.03 Å². The number of nitrogens with one attached hydrogen (secondary N) is 1. The highest BCUT2D eigenvalue weighted by atomic mass is 16.2. The van der Waals surface area contributed by atoms with Crippen LogP contribution in [0.2, 0.25) is 0 Å². The lowest BCUT2D eigenvalue weighted by Crippen LogP contribution is -2.48. The molecular formula is C26H27N5O2. The number of carbonyl (C=O) groups is 2. The number of anilines is 1. The van der Waals surface area contributed by atoms with Crippen molar-refractivity contribution < 1.29 is 9.59 Å². The highest BCUT2D eigenvalue weighted by molar-refractivity contribution is 5.92. The minimum atomic E-state index is -0.327. The first-order valence-corrected chi connectivity index (χ1v) is 11.2. The third kappa shape index (κ3) is 4.90. The van der Waals surface area contributed by atoms with Gasteiger partial charge in [0.25, 0.3) is 0 Å². The van der Waals surface area contributed by atoms with Crippen LogP contribution in [0.5, 0.6) is 0 Å². The zero-order valence-electron chi connectivity index (χ0n) is 18.6. The van der Waals surface area contributed by atoms with Gasteiger partial charge in [0.1, 0.15) is 6.54 Å². The second kappa shape index (κ2) is 10.0. The van der Waals surface area contributed by atoms with Crippen LogP contribution in [-0.2, 0) is 11.3 Å². The average molecular weight is 442 g/mol. The maximum Gasteiger partial charge on any atom is 0.322 e. The fourth-order valence-electron chi connectivity index (χ4n) is 4.25. The Morgan fingerprint density at radius 1 is 1.06 bits per heavy atom. The lowest BCUT2D eigenvalue weighted by atomic mass is 10.00. The molecule has 1 aliphatic rings. The summed E-state index contributed by atoms with van der Waals surface area (Å²) >= 11 is 0. The molecule has 2 heterocycles. The van der Waals surface area contributed by atoms with Crippen LogP contribution in [0.3, 0.4) is 0 Å². The van der Waals surface area contributed by atoms with Crippen LogP contribution in [-0.4, -0.2) is 45.9 Å². The summed E-state index contributed by atoms with van der Waals surface area (Å²) in [6, 6.07) is 22.3. The van der Waals surface area contributed by atoms with Gasteiger partial charge in [-0.1, -0.05) is 37.3 Å². The van der Waals surface area contributed by atoms with Crippen LogP contribution in [0.15, 0.2) is 72.9 Å². The molecule has 4 rings (SSSR count). The molecule has 1 aromatic heterocycles. The van der Waals surface area contributed by atoms with Crippen LogP contribution in [0.4, 0.5) is 10.5 Å². The second-order valence-corrected chi connectivity index (χ2v) is 8.07. The quantitative estimate of drug-likeness (QED) is 0.621. The molecule has 3 amide bonds. The van der Waals surface area contributed by atoms with E-state index in [0.717, 1.165) is 24.2 Å². The second-order valence-electron chi connectivity index (χ2n) is 8.07. The van der Waals surface area contributed by atoms with Crippen molar-refractivity contribution in [3.63, 3.8) is 0 Å². The topological polar surface area (TPSA) is 81.4 Å². The molecule has 0 radical (unpaired) electrons. The molecule has 7 heteroatoms. The SMILES string of the molecule is CCCN(CC(=O)N1CCn2cccc2C1c1ccccc1)C(=O)Nc1ccc(C#N)cc1. The molecule has 2 aromatic carbocycles. The summed E-state index contributed by atoms with van der Waals surface area (Å²) < 4.78 is 2.18. The molecule has 33 heavy (non-hydrogen) atoms. The number of hydrogen-bond donors (Lipinski definition) is 1. The molecule has 0 bridgehead atoms. The summed E-state index contributed by atoms with van der Waals surface area (Å²) in [5, 5.41) is 11.8. The van der Waals surface area contributed by atoms with Gasteiger partial charge in [0.05, 0.1) is 17.7 Å². The number of aromatic nitrogens is 1. The summed E-state index contributed by atoms with van der Waals surface area (Å²) in [6.07, 6.45) is 2.78. The van der Waals surface area contributed by atoms with E-state index in [4.69, 9.17) is 5.26 Å². The Bertz CT molecular complexity index is 1150. The lowest BCUT2D eigenvalue weighted by Gasteiger charge is -2.38. The van der Waals surface area contributed by atoms with Crippen LogP contribution in [0, 0.1) is 11.3 Å². The maximum atomic E-state index is 13.5. The Labute approximate surface area is 193 Å². The van der Waals surface area contributed by atoms with E-state index in [1.54, 1.807) is 29.2 Å². The van der Waals surface area contributed by atoms with Gasteiger partial charge in [-0.3, -0.25) is 4.79 Å². The smallest absolute Gasteiger partial charge is 0.322 e. The fraction of sp³-hybridized carbons (Fsp3) is 0.269. The first-order chi connectivity index (χ1) is 16.1. The van der Waals surface area contributed by atoms with Gasteiger partial charge in [-0.05, 0) is 48.4 Å². The molecule has 1 aliphatic heterocycles. The van der Waals surface area contributed by atoms with E-state index in [0.29, 0.717) is 24.3 Å². The van der Waals surface area contributed by atoms with Crippen molar-refractivity contribution in [3.8, 4) is 6.07 Å². The van der Waals surface area contributed by atoms with Crippen molar-refractivity contribution in [3.05, 3.63) is 89.7 Å². The van der Waals surface area contributed by atoms with Crippen LogP contribution in [0.1, 0.15) is 36.2 Å². The average Bonchev–Trinajstić information content (AvgIpc) is 3.33. The Morgan fingerprint density at radius 2 is 1.82 bits per heavy atom. The third-order valence-electron chi connectivity index (χ3n) is 5.85. The van der Waals surface area contributed by atoms with Crippen LogP contribution >= 0.6 is 0 Å². The summed E-state index contributed by atoms with van der Waals surface area (Å²) in [5.74, 6) is -0.0836. The molecule has 0 fully saturated rings. The van der Waals surface area contributed by atoms with Crippen molar-refractivity contribution in [2.24, 2.45) is 0 Å². The lowest BCUT2D eigenvalue weighted by molar-refractivity contribution is -0.134. The Balaban J connectivity index is 1.52. The first-order valence-electron chi connectivity index (χ1n) is 11.2. The Hall–Kier alpha value is -4.05. The van der Waals surface area contributed by atoms with E-state index in [-0.39, 0.29) is 24.5 Å². The largest absolute Gasteiger partial charge is 0.348 e. The van der Waals surface area contributed by atoms with Crippen molar-refractivity contribution in [1.29, 1.82) is 5.26 Å². The van der Waals surface area contributed by atoms with E-state index < -0.39 is 0 Å². The molecule has 168 valence electrons. The number of nitrogens with zero attached hydrogens (tertiary/aromatic N) is 4. The van der Waals surface area contributed by atoms with Crippen molar-refractivity contribution >= 4 is 17.6 Å². The van der Waals surface area contributed by atoms with Gasteiger partial charge in [0, 0.05) is 37.2 Å². The van der Waals surface area contributed by atoms with Gasteiger partial charge < -0.3 is 19.7 Å². The minimum absolute atomic E-state index is 0.00000535. The normalized spacial score (nSPS) is 14.8. The molecule has 1 N–H and O–H groups in total. The number of fused-ring (bicyclic) bond motifs is 1. The molecule has 1 atom stereocenters. The summed E-state index contributed by atoms with van der Waals surface area (Å²) in [7, 11) is 0. The summed E-state index contributed by atoms with van der Waals surface area (Å²) in [6.45, 7) is 3.75. The number of carbonyl (C=O) groups excluding carboxylic acids is 2. The summed E-state index contributed by atoms with van der Waals surface area (Å²) in [5.41, 5.74) is 3.24. The fourth-order valence-corrected chi connectivity index (χ4v) is 4.25. The van der Waals surface area contributed by atoms with E-state index in [1.807, 2.05) is 54.4 Å². The molecule has 0 saturated heterocycles. The molecule has 3 aromatic rings. The monoisotopic (exact) mass is 441 g/mol. The highest BCUT2D eigenvalue weighted by Gasteiger charge is 2.33. The van der Waals surface area contributed by atoms with Gasteiger partial charge in [-0.15, -0.1) is 0 Å². The summed E-state index contributed by atoms with van der Waals surface area (Å²) in [4.78, 5) is 29.9. The number of amides is 3. The zero-order chi connectivity index (χ0) is 23.2. The highest BCUT2D eigenvalue weighted by Crippen LogP contribution is 2.32. The Kier molecular flexibility index (Phi) is 6.75. The van der Waals surface area contributed by atoms with Crippen molar-refractivity contribution in [2.45, 2.75) is 25.9 Å². The van der Waals surface area contributed by atoms with Gasteiger partial charge in [-0.2, -0.15) is 5.26 Å². The molecule has 0 saturated carbocycles. The van der Waals surface area contributed by atoms with Gasteiger partial charge in [0.15, 0.2) is 0 Å². The van der Waals surface area contributed by atoms with Crippen LogP contribution < -0.4 is 5.32 Å². The molecular weight excluding hydrogens is 414 g/mol. The maximum absolute atomic E-state index is 13.5. The zero-order valence-corrected chi connectivity index (χ0v) is 18.6. The van der Waals surface area contributed by atoms with Crippen molar-refractivity contribution in [2.75, 3.05) is 25.0 Å². The van der Waals surface area contributed by atoms with Gasteiger partial charge in [0.2, 0.25) is 5.91 Å². The number of urea groups is 1. The number of nitriles is 1. The predicted molar refractivity (Wildman–Crippen MR) is 126 cm³/mol.